The second-order valence-electron chi connectivity index (χ2n) is 7.50. The molecule has 2 aliphatic rings. The zero-order valence-electron chi connectivity index (χ0n) is 16.2. The number of hydrogen-bond acceptors (Lipinski definition) is 4. The molecule has 148 valence electrons. The minimum Gasteiger partial charge on any atom is -0.494 e. The molecule has 0 bridgehead atoms. The van der Waals surface area contributed by atoms with Crippen molar-refractivity contribution in [1.29, 1.82) is 0 Å². The summed E-state index contributed by atoms with van der Waals surface area (Å²) in [4.78, 5) is 26.8. The highest BCUT2D eigenvalue weighted by Crippen LogP contribution is 2.18. The summed E-state index contributed by atoms with van der Waals surface area (Å²) < 4.78 is 5.44. The van der Waals surface area contributed by atoms with Crippen LogP contribution in [0, 0.1) is 5.92 Å². The number of rotatable bonds is 7. The van der Waals surface area contributed by atoms with E-state index >= 15 is 0 Å². The molecule has 1 aromatic rings. The lowest BCUT2D eigenvalue weighted by atomic mass is 9.97. The molecule has 0 aliphatic carbocycles. The van der Waals surface area contributed by atoms with E-state index in [0.29, 0.717) is 25.5 Å². The predicted octanol–water partition coefficient (Wildman–Crippen LogP) is 1.73. The van der Waals surface area contributed by atoms with Gasteiger partial charge in [0.2, 0.25) is 11.8 Å². The quantitative estimate of drug-likeness (QED) is 0.764. The Hall–Kier alpha value is -2.08. The van der Waals surface area contributed by atoms with Gasteiger partial charge < -0.3 is 20.3 Å². The van der Waals surface area contributed by atoms with Crippen molar-refractivity contribution in [2.24, 2.45) is 5.92 Å². The van der Waals surface area contributed by atoms with Gasteiger partial charge in [-0.1, -0.05) is 12.1 Å². The molecule has 6 heteroatoms. The molecule has 0 spiro atoms. The lowest BCUT2D eigenvalue weighted by Crippen LogP contribution is -2.47. The van der Waals surface area contributed by atoms with Crippen molar-refractivity contribution in [1.82, 2.24) is 15.5 Å². The molecule has 2 heterocycles. The zero-order valence-corrected chi connectivity index (χ0v) is 16.2. The number of carbonyl (C=O) groups is 2. The van der Waals surface area contributed by atoms with Crippen LogP contribution < -0.4 is 15.4 Å². The van der Waals surface area contributed by atoms with Gasteiger partial charge in [0, 0.05) is 19.6 Å². The molecule has 0 radical (unpaired) electrons. The monoisotopic (exact) mass is 373 g/mol. The third-order valence-corrected chi connectivity index (χ3v) is 5.40. The Labute approximate surface area is 161 Å². The minimum atomic E-state index is -0.0361. The van der Waals surface area contributed by atoms with E-state index in [2.05, 4.69) is 10.6 Å². The average molecular weight is 373 g/mol. The number of hydrogen-bond donors (Lipinski definition) is 2. The van der Waals surface area contributed by atoms with Crippen molar-refractivity contribution in [3.05, 3.63) is 29.8 Å². The molecular formula is C21H31N3O3. The Balaban J connectivity index is 1.45. The van der Waals surface area contributed by atoms with Gasteiger partial charge in [0.15, 0.2) is 0 Å². The first-order valence-electron chi connectivity index (χ1n) is 10.2. The van der Waals surface area contributed by atoms with E-state index in [1.54, 1.807) is 0 Å². The smallest absolute Gasteiger partial charge is 0.237 e. The largest absolute Gasteiger partial charge is 0.494 e. The second kappa shape index (κ2) is 9.74. The highest BCUT2D eigenvalue weighted by Gasteiger charge is 2.26. The van der Waals surface area contributed by atoms with Gasteiger partial charge >= 0.3 is 0 Å². The Morgan fingerprint density at radius 1 is 1.22 bits per heavy atom. The molecule has 0 aromatic heterocycles. The van der Waals surface area contributed by atoms with Gasteiger partial charge in [-0.25, -0.2) is 0 Å². The molecule has 0 saturated carbocycles. The molecule has 2 unspecified atom stereocenters. The summed E-state index contributed by atoms with van der Waals surface area (Å²) >= 11 is 0. The second-order valence-corrected chi connectivity index (χ2v) is 7.50. The fourth-order valence-corrected chi connectivity index (χ4v) is 3.89. The van der Waals surface area contributed by atoms with Crippen LogP contribution in [0.4, 0.5) is 0 Å². The van der Waals surface area contributed by atoms with Crippen molar-refractivity contribution < 1.29 is 14.3 Å². The average Bonchev–Trinajstić information content (AvgIpc) is 3.23. The Bertz CT molecular complexity index is 626. The summed E-state index contributed by atoms with van der Waals surface area (Å²) in [6.07, 6.45) is 4.46. The van der Waals surface area contributed by atoms with Gasteiger partial charge in [-0.15, -0.1) is 0 Å². The van der Waals surface area contributed by atoms with Crippen molar-refractivity contribution in [2.45, 2.75) is 45.1 Å². The Kier molecular flexibility index (Phi) is 7.10. The highest BCUT2D eigenvalue weighted by atomic mass is 16.5. The molecule has 2 fully saturated rings. The number of nitrogens with one attached hydrogen (secondary N) is 2. The zero-order chi connectivity index (χ0) is 19.1. The molecule has 27 heavy (non-hydrogen) atoms. The van der Waals surface area contributed by atoms with Crippen LogP contribution in [0.2, 0.25) is 0 Å². The number of piperidine rings is 1. The molecule has 6 nitrogen and oxygen atoms in total. The summed E-state index contributed by atoms with van der Waals surface area (Å²) in [5, 5.41) is 6.29. The van der Waals surface area contributed by atoms with Crippen molar-refractivity contribution in [3.8, 4) is 5.75 Å². The molecule has 3 rings (SSSR count). The van der Waals surface area contributed by atoms with Crippen LogP contribution in [0.1, 0.15) is 38.2 Å². The summed E-state index contributed by atoms with van der Waals surface area (Å²) in [7, 11) is 0. The molecule has 2 saturated heterocycles. The maximum Gasteiger partial charge on any atom is 0.237 e. The lowest BCUT2D eigenvalue weighted by molar-refractivity contribution is -0.132. The van der Waals surface area contributed by atoms with E-state index < -0.39 is 0 Å². The van der Waals surface area contributed by atoms with E-state index in [0.717, 1.165) is 56.6 Å². The molecule has 2 N–H and O–H groups in total. The normalized spacial score (nSPS) is 22.5. The summed E-state index contributed by atoms with van der Waals surface area (Å²) in [5.41, 5.74) is 1.01. The number of benzene rings is 1. The number of ether oxygens (including phenoxy) is 1. The van der Waals surface area contributed by atoms with E-state index in [4.69, 9.17) is 4.74 Å². The highest BCUT2D eigenvalue weighted by molar-refractivity contribution is 5.82. The molecule has 2 atom stereocenters. The van der Waals surface area contributed by atoms with Gasteiger partial charge in [0.1, 0.15) is 5.75 Å². The van der Waals surface area contributed by atoms with Crippen LogP contribution in [0.25, 0.3) is 0 Å². The molecule has 2 aliphatic heterocycles. The van der Waals surface area contributed by atoms with Gasteiger partial charge in [-0.05, 0) is 62.8 Å². The standard InChI is InChI=1S/C21H31N3O3/c1-2-27-18-9-7-16(8-10-18)13-20(25)24-12-4-5-17(15-24)14-23-21(26)19-6-3-11-22-19/h7-10,17,19,22H,2-6,11-15H2,1H3,(H,23,26). The molecule has 2 amide bonds. The Morgan fingerprint density at radius 3 is 2.74 bits per heavy atom. The van der Waals surface area contributed by atoms with Crippen LogP contribution >= 0.6 is 0 Å². The third-order valence-electron chi connectivity index (χ3n) is 5.40. The van der Waals surface area contributed by atoms with E-state index in [-0.39, 0.29) is 17.9 Å². The van der Waals surface area contributed by atoms with Crippen LogP contribution in [0.15, 0.2) is 24.3 Å². The first kappa shape index (κ1) is 19.7. The first-order chi connectivity index (χ1) is 13.2. The lowest BCUT2D eigenvalue weighted by Gasteiger charge is -2.33. The van der Waals surface area contributed by atoms with E-state index in [9.17, 15) is 9.59 Å². The molecule has 1 aromatic carbocycles. The van der Waals surface area contributed by atoms with Crippen LogP contribution in [-0.4, -0.2) is 55.5 Å². The third kappa shape index (κ3) is 5.70. The van der Waals surface area contributed by atoms with Crippen LogP contribution in [0.5, 0.6) is 5.75 Å². The SMILES string of the molecule is CCOc1ccc(CC(=O)N2CCCC(CNC(=O)C3CCCN3)C2)cc1. The number of likely N-dealkylation sites (tertiary alicyclic amines) is 1. The van der Waals surface area contributed by atoms with Crippen LogP contribution in [-0.2, 0) is 16.0 Å². The topological polar surface area (TPSA) is 70.7 Å². The van der Waals surface area contributed by atoms with E-state index in [1.807, 2.05) is 36.1 Å². The fraction of sp³-hybridized carbons (Fsp3) is 0.619. The first-order valence-corrected chi connectivity index (χ1v) is 10.2. The van der Waals surface area contributed by atoms with Crippen molar-refractivity contribution in [3.63, 3.8) is 0 Å². The summed E-state index contributed by atoms with van der Waals surface area (Å²) in [6.45, 7) is 5.72. The van der Waals surface area contributed by atoms with Gasteiger partial charge in [-0.3, -0.25) is 9.59 Å². The summed E-state index contributed by atoms with van der Waals surface area (Å²) in [6, 6.07) is 7.71. The molecular weight excluding hydrogens is 342 g/mol. The van der Waals surface area contributed by atoms with Crippen molar-refractivity contribution >= 4 is 11.8 Å². The van der Waals surface area contributed by atoms with Gasteiger partial charge in [-0.2, -0.15) is 0 Å². The van der Waals surface area contributed by atoms with Crippen molar-refractivity contribution in [2.75, 3.05) is 32.8 Å². The van der Waals surface area contributed by atoms with Gasteiger partial charge in [0.25, 0.3) is 0 Å². The number of carbonyl (C=O) groups excluding carboxylic acids is 2. The Morgan fingerprint density at radius 2 is 2.04 bits per heavy atom. The van der Waals surface area contributed by atoms with Crippen LogP contribution in [0.3, 0.4) is 0 Å². The number of amides is 2. The summed E-state index contributed by atoms with van der Waals surface area (Å²) in [5.74, 6) is 1.44. The maximum absolute atomic E-state index is 12.7. The van der Waals surface area contributed by atoms with E-state index in [1.165, 1.54) is 0 Å². The fourth-order valence-electron chi connectivity index (χ4n) is 3.89. The number of nitrogens with zero attached hydrogens (tertiary/aromatic N) is 1. The predicted molar refractivity (Wildman–Crippen MR) is 105 cm³/mol. The maximum atomic E-state index is 12.7. The minimum absolute atomic E-state index is 0.0361. The van der Waals surface area contributed by atoms with Gasteiger partial charge in [0.05, 0.1) is 19.1 Å².